The number of hydrogen-bond donors (Lipinski definition) is 1. The third kappa shape index (κ3) is 3.59. The van der Waals surface area contributed by atoms with Crippen molar-refractivity contribution in [3.8, 4) is 0 Å². The number of aromatic nitrogens is 1. The number of amides is 1. The number of pyridine rings is 1. The first-order chi connectivity index (χ1) is 10.6. The van der Waals surface area contributed by atoms with Gasteiger partial charge in [0.1, 0.15) is 6.54 Å². The van der Waals surface area contributed by atoms with Gasteiger partial charge in [-0.25, -0.2) is 0 Å². The quantitative estimate of drug-likeness (QED) is 0.873. The Bertz CT molecular complexity index is 600. The first kappa shape index (κ1) is 15.7. The Balaban J connectivity index is 1.52. The van der Waals surface area contributed by atoms with Crippen LogP contribution in [0.25, 0.3) is 0 Å². The van der Waals surface area contributed by atoms with Crippen molar-refractivity contribution in [1.29, 1.82) is 0 Å². The molecule has 0 bridgehead atoms. The number of hydrogen-bond acceptors (Lipinski definition) is 4. The van der Waals surface area contributed by atoms with Gasteiger partial charge in [0.25, 0.3) is 5.56 Å². The second-order valence-electron chi connectivity index (χ2n) is 5.76. The minimum Gasteiger partial charge on any atom is -0.352 e. The predicted molar refractivity (Wildman–Crippen MR) is 83.4 cm³/mol. The summed E-state index contributed by atoms with van der Waals surface area (Å²) in [5.41, 5.74) is -0.186. The van der Waals surface area contributed by atoms with Crippen LogP contribution in [0.4, 0.5) is 0 Å². The normalized spacial score (nSPS) is 21.1. The van der Waals surface area contributed by atoms with Gasteiger partial charge in [0.2, 0.25) is 5.91 Å². The van der Waals surface area contributed by atoms with Gasteiger partial charge in [0, 0.05) is 35.6 Å². The maximum atomic E-state index is 12.1. The highest BCUT2D eigenvalue weighted by molar-refractivity contribution is 9.10. The molecule has 0 aromatic carbocycles. The molecule has 6 nitrogen and oxygen atoms in total. The summed E-state index contributed by atoms with van der Waals surface area (Å²) >= 11 is 3.30. The van der Waals surface area contributed by atoms with Gasteiger partial charge in [0.05, 0.1) is 13.2 Å². The fourth-order valence-electron chi connectivity index (χ4n) is 3.04. The van der Waals surface area contributed by atoms with Crippen LogP contribution >= 0.6 is 15.9 Å². The summed E-state index contributed by atoms with van der Waals surface area (Å²) in [5, 5.41) is 3.00. The van der Waals surface area contributed by atoms with E-state index in [4.69, 9.17) is 9.47 Å². The van der Waals surface area contributed by atoms with E-state index in [1.54, 1.807) is 12.3 Å². The van der Waals surface area contributed by atoms with Crippen LogP contribution < -0.4 is 10.9 Å². The van der Waals surface area contributed by atoms with E-state index in [1.165, 1.54) is 10.6 Å². The molecule has 1 spiro atoms. The van der Waals surface area contributed by atoms with E-state index in [-0.39, 0.29) is 24.1 Å². The highest BCUT2D eigenvalue weighted by Crippen LogP contribution is 2.35. The SMILES string of the molecule is O=C(Cn1cc(Br)ccc1=O)NC1CCC2(CC1)OCCO2. The van der Waals surface area contributed by atoms with Gasteiger partial charge >= 0.3 is 0 Å². The summed E-state index contributed by atoms with van der Waals surface area (Å²) in [6.45, 7) is 1.35. The number of carbonyl (C=O) groups excluding carboxylic acids is 1. The Labute approximate surface area is 136 Å². The second kappa shape index (κ2) is 6.52. The Morgan fingerprint density at radius 3 is 2.68 bits per heavy atom. The molecule has 1 aliphatic carbocycles. The van der Waals surface area contributed by atoms with E-state index >= 15 is 0 Å². The maximum absolute atomic E-state index is 12.1. The van der Waals surface area contributed by atoms with Crippen LogP contribution in [0.2, 0.25) is 0 Å². The predicted octanol–water partition coefficient (Wildman–Crippen LogP) is 1.41. The summed E-state index contributed by atoms with van der Waals surface area (Å²) in [6, 6.07) is 3.23. The Morgan fingerprint density at radius 2 is 2.00 bits per heavy atom. The molecule has 2 fully saturated rings. The average molecular weight is 371 g/mol. The van der Waals surface area contributed by atoms with Crippen molar-refractivity contribution in [2.24, 2.45) is 0 Å². The minimum absolute atomic E-state index is 0.0346. The van der Waals surface area contributed by atoms with Crippen LogP contribution in [-0.4, -0.2) is 35.5 Å². The Morgan fingerprint density at radius 1 is 1.32 bits per heavy atom. The first-order valence-electron chi connectivity index (χ1n) is 7.50. The molecule has 1 aliphatic heterocycles. The van der Waals surface area contributed by atoms with Gasteiger partial charge in [-0.1, -0.05) is 0 Å². The lowest BCUT2D eigenvalue weighted by Gasteiger charge is -2.35. The molecule has 0 unspecified atom stereocenters. The summed E-state index contributed by atoms with van der Waals surface area (Å²) in [5.74, 6) is -0.558. The zero-order chi connectivity index (χ0) is 15.6. The molecule has 0 radical (unpaired) electrons. The van der Waals surface area contributed by atoms with Crippen LogP contribution in [0.3, 0.4) is 0 Å². The minimum atomic E-state index is -0.414. The van der Waals surface area contributed by atoms with Crippen molar-refractivity contribution in [2.75, 3.05) is 13.2 Å². The molecule has 0 atom stereocenters. The van der Waals surface area contributed by atoms with Gasteiger partial charge < -0.3 is 19.4 Å². The Kier molecular flexibility index (Phi) is 4.65. The van der Waals surface area contributed by atoms with Crippen LogP contribution in [-0.2, 0) is 20.8 Å². The lowest BCUT2D eigenvalue weighted by atomic mass is 9.90. The van der Waals surface area contributed by atoms with E-state index in [1.807, 2.05) is 0 Å². The molecule has 1 saturated heterocycles. The van der Waals surface area contributed by atoms with Gasteiger partial charge in [-0.3, -0.25) is 9.59 Å². The van der Waals surface area contributed by atoms with Crippen molar-refractivity contribution in [2.45, 2.75) is 44.1 Å². The second-order valence-corrected chi connectivity index (χ2v) is 6.68. The lowest BCUT2D eigenvalue weighted by molar-refractivity contribution is -0.180. The zero-order valence-electron chi connectivity index (χ0n) is 12.2. The molecule has 22 heavy (non-hydrogen) atoms. The fourth-order valence-corrected chi connectivity index (χ4v) is 3.42. The molecular formula is C15H19BrN2O4. The number of ether oxygens (including phenoxy) is 2. The molecular weight excluding hydrogens is 352 g/mol. The smallest absolute Gasteiger partial charge is 0.251 e. The molecule has 1 aromatic rings. The van der Waals surface area contributed by atoms with Gasteiger partial charge in [-0.2, -0.15) is 0 Å². The Hall–Kier alpha value is -1.18. The summed E-state index contributed by atoms with van der Waals surface area (Å²) < 4.78 is 13.5. The summed E-state index contributed by atoms with van der Waals surface area (Å²) in [4.78, 5) is 23.8. The van der Waals surface area contributed by atoms with Gasteiger partial charge in [-0.05, 0) is 34.8 Å². The van der Waals surface area contributed by atoms with Crippen LogP contribution in [0.1, 0.15) is 25.7 Å². The molecule has 3 rings (SSSR count). The molecule has 7 heteroatoms. The van der Waals surface area contributed by atoms with Crippen LogP contribution in [0.5, 0.6) is 0 Å². The molecule has 1 aromatic heterocycles. The monoisotopic (exact) mass is 370 g/mol. The van der Waals surface area contributed by atoms with Gasteiger partial charge in [-0.15, -0.1) is 0 Å². The summed E-state index contributed by atoms with van der Waals surface area (Å²) in [6.07, 6.45) is 4.89. The zero-order valence-corrected chi connectivity index (χ0v) is 13.8. The third-order valence-electron chi connectivity index (χ3n) is 4.19. The first-order valence-corrected chi connectivity index (χ1v) is 8.29. The highest BCUT2D eigenvalue weighted by Gasteiger charge is 2.40. The molecule has 1 amide bonds. The number of halogens is 1. The van der Waals surface area contributed by atoms with E-state index in [0.717, 1.165) is 30.2 Å². The van der Waals surface area contributed by atoms with E-state index in [9.17, 15) is 9.59 Å². The van der Waals surface area contributed by atoms with Gasteiger partial charge in [0.15, 0.2) is 5.79 Å². The van der Waals surface area contributed by atoms with Crippen molar-refractivity contribution in [1.82, 2.24) is 9.88 Å². The number of carbonyl (C=O) groups is 1. The van der Waals surface area contributed by atoms with Crippen LogP contribution in [0.15, 0.2) is 27.6 Å². The van der Waals surface area contributed by atoms with Crippen LogP contribution in [0, 0.1) is 0 Å². The maximum Gasteiger partial charge on any atom is 0.251 e. The summed E-state index contributed by atoms with van der Waals surface area (Å²) in [7, 11) is 0. The number of nitrogens with one attached hydrogen (secondary N) is 1. The number of rotatable bonds is 3. The lowest BCUT2D eigenvalue weighted by Crippen LogP contribution is -2.45. The third-order valence-corrected chi connectivity index (χ3v) is 4.66. The van der Waals surface area contributed by atoms with Crippen molar-refractivity contribution >= 4 is 21.8 Å². The molecule has 1 N–H and O–H groups in total. The number of nitrogens with zero attached hydrogens (tertiary/aromatic N) is 1. The van der Waals surface area contributed by atoms with Crippen molar-refractivity contribution < 1.29 is 14.3 Å². The van der Waals surface area contributed by atoms with E-state index in [2.05, 4.69) is 21.2 Å². The fraction of sp³-hybridized carbons (Fsp3) is 0.600. The van der Waals surface area contributed by atoms with E-state index < -0.39 is 5.79 Å². The molecule has 2 aliphatic rings. The largest absolute Gasteiger partial charge is 0.352 e. The van der Waals surface area contributed by atoms with E-state index in [0.29, 0.717) is 13.2 Å². The molecule has 1 saturated carbocycles. The topological polar surface area (TPSA) is 69.6 Å². The molecule has 2 heterocycles. The average Bonchev–Trinajstić information content (AvgIpc) is 2.94. The van der Waals surface area contributed by atoms with Crippen molar-refractivity contribution in [3.63, 3.8) is 0 Å². The van der Waals surface area contributed by atoms with Crippen molar-refractivity contribution in [3.05, 3.63) is 33.2 Å². The standard InChI is InChI=1S/C15H19BrN2O4/c16-11-1-2-14(20)18(9-11)10-13(19)17-12-3-5-15(6-4-12)21-7-8-22-15/h1-2,9,12H,3-8,10H2,(H,17,19). The highest BCUT2D eigenvalue weighted by atomic mass is 79.9. The molecule has 120 valence electrons.